The summed E-state index contributed by atoms with van der Waals surface area (Å²) in [6.45, 7) is 15.3. The third-order valence-corrected chi connectivity index (χ3v) is 3.95. The Balaban J connectivity index is 0. The number of pyridine rings is 1. The summed E-state index contributed by atoms with van der Waals surface area (Å²) in [5, 5.41) is 3.68. The number of allylic oxidation sites excluding steroid dienone is 2. The van der Waals surface area contributed by atoms with E-state index in [9.17, 15) is 0 Å². The van der Waals surface area contributed by atoms with Crippen LogP contribution in [0.2, 0.25) is 5.02 Å². The van der Waals surface area contributed by atoms with Gasteiger partial charge in [0.1, 0.15) is 5.75 Å². The van der Waals surface area contributed by atoms with Crippen LogP contribution in [0.4, 0.5) is 5.69 Å². The topological polar surface area (TPSA) is 63.6 Å². The van der Waals surface area contributed by atoms with Crippen molar-refractivity contribution in [3.05, 3.63) is 91.7 Å². The molecule has 2 aromatic rings. The number of hydrogen-bond donors (Lipinski definition) is 1. The minimum atomic E-state index is -0.120. The van der Waals surface area contributed by atoms with Crippen LogP contribution in [0, 0.1) is 32.5 Å². The number of nitrogens with one attached hydrogen (secondary N) is 1. The number of anilines is 1. The van der Waals surface area contributed by atoms with Crippen LogP contribution < -0.4 is 47.8 Å². The molecule has 0 aliphatic heterocycles. The van der Waals surface area contributed by atoms with E-state index in [4.69, 9.17) is 27.7 Å². The van der Waals surface area contributed by atoms with Gasteiger partial charge in [0.2, 0.25) is 0 Å². The molecule has 0 radical (unpaired) electrons. The summed E-state index contributed by atoms with van der Waals surface area (Å²) in [5.74, 6) is 0.504. The molecule has 160 valence electrons. The fraction of sp³-hybridized carbons (Fsp3) is 0.208. The van der Waals surface area contributed by atoms with E-state index < -0.39 is 0 Å². The Hall–Kier alpha value is -1.73. The van der Waals surface area contributed by atoms with E-state index in [0.717, 1.165) is 24.1 Å². The Bertz CT molecular complexity index is 889. The first kappa shape index (κ1) is 32.5. The second-order valence-corrected chi connectivity index (χ2v) is 6.44. The van der Waals surface area contributed by atoms with Crippen molar-refractivity contribution in [2.24, 2.45) is 10.9 Å². The maximum atomic E-state index is 8.68. The molecule has 8 heteroatoms. The molecular formula is C24H25ClLi2N3O2-3. The average molecular weight is 437 g/mol. The molecule has 0 saturated carbocycles. The van der Waals surface area contributed by atoms with Crippen molar-refractivity contribution in [1.29, 1.82) is 0 Å². The van der Waals surface area contributed by atoms with Crippen molar-refractivity contribution >= 4 is 29.3 Å². The van der Waals surface area contributed by atoms with Crippen LogP contribution in [0.5, 0.6) is 5.75 Å². The average Bonchev–Trinajstić information content (AvgIpc) is 2.73. The van der Waals surface area contributed by atoms with Gasteiger partial charge in [0.15, 0.2) is 0 Å². The van der Waals surface area contributed by atoms with Crippen molar-refractivity contribution in [1.82, 2.24) is 4.98 Å². The minimum Gasteiger partial charge on any atom is -0.542 e. The third kappa shape index (κ3) is 12.3. The predicted octanol–water partition coefficient (Wildman–Crippen LogP) is -0.533. The van der Waals surface area contributed by atoms with E-state index in [1.807, 2.05) is 18.2 Å². The number of hydrogen-bond acceptors (Lipinski definition) is 5. The van der Waals surface area contributed by atoms with Crippen LogP contribution in [0.3, 0.4) is 0 Å². The molecule has 0 saturated heterocycles. The van der Waals surface area contributed by atoms with Gasteiger partial charge < -0.3 is 40.3 Å². The van der Waals surface area contributed by atoms with E-state index in [2.05, 4.69) is 35.3 Å². The Kier molecular flexibility index (Phi) is 19.1. The first-order chi connectivity index (χ1) is 14.4. The molecule has 32 heavy (non-hydrogen) atoms. The molecule has 2 rings (SSSR count). The second-order valence-electron chi connectivity index (χ2n) is 6.00. The molecule has 0 bridgehead atoms. The summed E-state index contributed by atoms with van der Waals surface area (Å²) in [5.41, 5.74) is 2.58. The molecule has 5 nitrogen and oxygen atoms in total. The first-order valence-corrected chi connectivity index (χ1v) is 9.54. The van der Waals surface area contributed by atoms with E-state index in [-0.39, 0.29) is 43.6 Å². The van der Waals surface area contributed by atoms with Crippen LogP contribution in [0.1, 0.15) is 25.3 Å². The number of ether oxygens (including phenoxy) is 1. The van der Waals surface area contributed by atoms with Crippen molar-refractivity contribution < 1.29 is 47.3 Å². The van der Waals surface area contributed by atoms with E-state index in [1.165, 1.54) is 13.2 Å². The Morgan fingerprint density at radius 3 is 2.66 bits per heavy atom. The van der Waals surface area contributed by atoms with Crippen molar-refractivity contribution in [2.75, 3.05) is 12.4 Å². The molecule has 1 unspecified atom stereocenters. The molecule has 0 aliphatic carbocycles. The van der Waals surface area contributed by atoms with Crippen LogP contribution >= 0.6 is 11.6 Å². The second kappa shape index (κ2) is 18.8. The summed E-state index contributed by atoms with van der Waals surface area (Å²) in [6, 6.07) is 9.17. The molecule has 1 aromatic carbocycles. The molecule has 1 atom stereocenters. The molecule has 0 aliphatic rings. The van der Waals surface area contributed by atoms with Crippen LogP contribution in [-0.2, 0) is 4.79 Å². The third-order valence-electron chi connectivity index (χ3n) is 3.72. The molecular weight excluding hydrogens is 412 g/mol. The number of benzene rings is 1. The summed E-state index contributed by atoms with van der Waals surface area (Å²) in [7, 11) is 1.58. The minimum absolute atomic E-state index is 0. The van der Waals surface area contributed by atoms with Gasteiger partial charge in [-0.3, -0.25) is 11.3 Å². The predicted molar refractivity (Wildman–Crippen MR) is 123 cm³/mol. The number of aliphatic imine (C=N–C) groups is 1. The normalized spacial score (nSPS) is 11.2. The molecule has 1 aromatic heterocycles. The summed E-state index contributed by atoms with van der Waals surface area (Å²) < 4.78 is 5.24. The smallest absolute Gasteiger partial charge is 0.542 e. The number of halogens is 1. The van der Waals surface area contributed by atoms with Gasteiger partial charge in [0, 0.05) is 11.2 Å². The molecule has 1 N–H and O–H groups in total. The molecule has 0 fully saturated rings. The van der Waals surface area contributed by atoms with Crippen LogP contribution in [-0.4, -0.2) is 24.1 Å². The summed E-state index contributed by atoms with van der Waals surface area (Å²) >= 11 is 5.99. The Labute approximate surface area is 221 Å². The Morgan fingerprint density at radius 1 is 1.38 bits per heavy atom. The summed E-state index contributed by atoms with van der Waals surface area (Å²) in [6.07, 6.45) is 11.0. The van der Waals surface area contributed by atoms with Crippen molar-refractivity contribution in [2.45, 2.75) is 19.8 Å². The first-order valence-electron chi connectivity index (χ1n) is 9.17. The number of carbonyl (C=O) groups excluding carboxylic acids is 1. The standard InChI is InChI=1S/C22H22ClN3O.C2H3O.2Li/c1-5-7-16(2)17(3)26-22(18-12-21(27-4)15-24-14-18)10-11-25-20-9-6-8-19(23)13-20;1-2-3;;/h3,6,8-10,12-16,25H,1-2,5,7H2,4H3;1H3;;/q-4;-1;2*+1. The van der Waals surface area contributed by atoms with Gasteiger partial charge in [-0.25, -0.2) is 0 Å². The van der Waals surface area contributed by atoms with Gasteiger partial charge in [0.25, 0.3) is 0 Å². The molecule has 0 spiro atoms. The van der Waals surface area contributed by atoms with Gasteiger partial charge in [-0.05, 0) is 23.4 Å². The number of methoxy groups -OCH3 is 1. The maximum Gasteiger partial charge on any atom is 1.00 e. The molecule has 0 amide bonds. The number of nitrogens with zero attached hydrogens (tertiary/aromatic N) is 2. The van der Waals surface area contributed by atoms with Gasteiger partial charge in [0.05, 0.1) is 13.3 Å². The van der Waals surface area contributed by atoms with Crippen molar-refractivity contribution in [3.63, 3.8) is 0 Å². The maximum absolute atomic E-state index is 8.68. The fourth-order valence-corrected chi connectivity index (χ4v) is 2.42. The van der Waals surface area contributed by atoms with Gasteiger partial charge in [-0.2, -0.15) is 25.0 Å². The van der Waals surface area contributed by atoms with Crippen molar-refractivity contribution in [3.8, 4) is 5.75 Å². The number of aromatic nitrogens is 1. The van der Waals surface area contributed by atoms with Gasteiger partial charge in [-0.15, -0.1) is 18.7 Å². The van der Waals surface area contributed by atoms with E-state index >= 15 is 0 Å². The zero-order valence-electron chi connectivity index (χ0n) is 19.2. The van der Waals surface area contributed by atoms with Gasteiger partial charge >= 0.3 is 37.7 Å². The zero-order valence-corrected chi connectivity index (χ0v) is 19.9. The fourth-order valence-electron chi connectivity index (χ4n) is 2.23. The van der Waals surface area contributed by atoms with Gasteiger partial charge in [-0.1, -0.05) is 35.5 Å². The van der Waals surface area contributed by atoms with E-state index in [1.54, 1.807) is 37.7 Å². The number of rotatable bonds is 9. The quantitative estimate of drug-likeness (QED) is 0.248. The van der Waals surface area contributed by atoms with Crippen LogP contribution in [0.25, 0.3) is 0 Å². The largest absolute Gasteiger partial charge is 1.00 e. The monoisotopic (exact) mass is 436 g/mol. The summed E-state index contributed by atoms with van der Waals surface area (Å²) in [4.78, 5) is 17.4. The SMILES string of the molecule is C[C-]=O.[CH-]=C(N=C(C=[C-]Nc1cccc(Cl)c1)c1cncc(OC)c1)C([CH2-])CC[CH2-].[Li+].[Li+]. The zero-order chi connectivity index (χ0) is 22.4. The van der Waals surface area contributed by atoms with E-state index in [0.29, 0.717) is 22.2 Å². The molecule has 1 heterocycles. The van der Waals surface area contributed by atoms with Crippen LogP contribution in [0.15, 0.2) is 59.5 Å². The Morgan fingerprint density at radius 2 is 2.06 bits per heavy atom.